The van der Waals surface area contributed by atoms with E-state index in [1.807, 2.05) is 88.4 Å². The van der Waals surface area contributed by atoms with Crippen LogP contribution >= 0.6 is 0 Å². The van der Waals surface area contributed by atoms with Crippen molar-refractivity contribution >= 4 is 57.0 Å². The number of Topliss-reactive ketones (excluding diaryl/α,β-unsaturated/α-hetero) is 2. The molecule has 123 heavy (non-hydrogen) atoms. The second kappa shape index (κ2) is 53.5. The van der Waals surface area contributed by atoms with Gasteiger partial charge in [0.05, 0.1) is 136 Å². The summed E-state index contributed by atoms with van der Waals surface area (Å²) in [6, 6.07) is 10.5. The number of methoxy groups -OCH3 is 1. The number of anilines is 1. The average molecular weight is 1750 g/mol. The van der Waals surface area contributed by atoms with Crippen LogP contribution in [0.3, 0.4) is 0 Å². The molecule has 5 heterocycles. The number of hydrogen-bond donors (Lipinski definition) is 5. The summed E-state index contributed by atoms with van der Waals surface area (Å²) in [6.07, 6.45) is 18.7. The molecule has 684 valence electrons. The van der Waals surface area contributed by atoms with E-state index in [1.54, 1.807) is 19.4 Å². The number of hydrogen-bond acceptors (Lipinski definition) is 26. The van der Waals surface area contributed by atoms with Crippen LogP contribution in [0.1, 0.15) is 172 Å². The zero-order valence-electron chi connectivity index (χ0n) is 72.9. The molecule has 32 heteroatoms. The smallest absolute Gasteiger partial charge is 0.407 e. The number of aliphatic hydroxyl groups excluding tert-OH is 1. The van der Waals surface area contributed by atoms with E-state index in [-0.39, 0.29) is 132 Å². The Bertz CT molecular complexity index is 4070. The fourth-order valence-corrected chi connectivity index (χ4v) is 16.9. The lowest BCUT2D eigenvalue weighted by Gasteiger charge is -2.39. The highest BCUT2D eigenvalue weighted by Gasteiger charge is 2.49. The minimum Gasteiger partial charge on any atom is -0.491 e. The van der Waals surface area contributed by atoms with Crippen LogP contribution in [0.2, 0.25) is 0 Å². The fraction of sp³-hybridized carbons (Fsp3) is 0.648. The number of allylic oxidation sites excluding steroid dienone is 6. The number of piperidine rings is 1. The molecule has 1 aliphatic carbocycles. The van der Waals surface area contributed by atoms with E-state index in [9.17, 15) is 52.2 Å². The Labute approximate surface area is 724 Å². The van der Waals surface area contributed by atoms with Crippen LogP contribution in [0.15, 0.2) is 101 Å². The molecule has 4 aliphatic heterocycles. The van der Waals surface area contributed by atoms with Gasteiger partial charge in [0, 0.05) is 87.8 Å². The van der Waals surface area contributed by atoms with Crippen molar-refractivity contribution in [3.05, 3.63) is 119 Å². The number of aliphatic hydroxyl groups is 2. The highest BCUT2D eigenvalue weighted by Crippen LogP contribution is 2.37. The number of rotatable bonds is 38. The van der Waals surface area contributed by atoms with Crippen molar-refractivity contribution in [1.29, 1.82) is 0 Å². The molecule has 9 atom stereocenters. The summed E-state index contributed by atoms with van der Waals surface area (Å²) in [4.78, 5) is 102. The molecule has 1 aromatic heterocycles. The number of aromatic nitrogens is 1. The largest absolute Gasteiger partial charge is 0.491 e. The minimum absolute atomic E-state index is 0.00347. The molecule has 6 N–H and O–H groups in total. The summed E-state index contributed by atoms with van der Waals surface area (Å²) in [5.41, 5.74) is 9.67. The van der Waals surface area contributed by atoms with Crippen molar-refractivity contribution < 1.29 is 118 Å². The molecule has 3 fully saturated rings. The normalized spacial score (nSPS) is 24.7. The Kier molecular flexibility index (Phi) is 43.7. The predicted octanol–water partition coefficient (Wildman–Crippen LogP) is 10.2. The zero-order chi connectivity index (χ0) is 88.5. The third-order valence-electron chi connectivity index (χ3n) is 22.9. The first-order valence-electron chi connectivity index (χ1n) is 43.7. The van der Waals surface area contributed by atoms with Gasteiger partial charge in [-0.3, -0.25) is 24.0 Å². The van der Waals surface area contributed by atoms with Gasteiger partial charge in [-0.15, -0.1) is 0 Å². The van der Waals surface area contributed by atoms with Gasteiger partial charge in [-0.2, -0.15) is 0 Å². The molecule has 3 aromatic rings. The standard InChI is InChI=1S/C91H133FN6O24S/c1-63-14-9-8-10-15-65(3)81(110-7)59-75-16-13-33-91(107,122-75)86(102)88(104)98-36-12-11-17-77(98)89(105)120-73(24-18-64(2)57-67(5)79(100)60-78(99)66(4)56-63)25-19-69-20-26-74(27-21-69)121-90(106)95-34-39-112-42-44-114-46-48-116-50-52-118-54-53-117-51-49-115-47-45-113-43-41-111-38-32-84(101)94-35-55-123(108,109)82-30-28-76(68(6)85(82)92)87(103)97-37-40-119-80-29-22-70(58-72(80)62-97)71-23-31-83(93)96-61-71/h8-10,14-15,22-23,28-31,57-58,61,63-64,66,69,73-75,77,79,81,100,107H,11-13,16-21,24-27,32-56,59-60,62H2,1-7H3,(H2,93,96)(H,94,101)(H,95,106)/b10-8?,14-9+,65-15?,67-57+/t63-,64+,66-,69?,73+,74?,75?,77+,79+,81+,91-/m1/s1. The van der Waals surface area contributed by atoms with Gasteiger partial charge in [-0.05, 0) is 187 Å². The third kappa shape index (κ3) is 34.4. The molecule has 0 radical (unpaired) electrons. The van der Waals surface area contributed by atoms with Crippen LogP contribution in [-0.4, -0.2) is 268 Å². The number of ether oxygens (including phenoxy) is 13. The number of carbonyl (C=O) groups is 7. The van der Waals surface area contributed by atoms with E-state index in [0.717, 1.165) is 47.6 Å². The van der Waals surface area contributed by atoms with Crippen LogP contribution in [0, 0.1) is 36.4 Å². The number of nitrogens with one attached hydrogen (secondary N) is 2. The number of amides is 4. The lowest BCUT2D eigenvalue weighted by molar-refractivity contribution is -0.245. The lowest BCUT2D eigenvalue weighted by Crippen LogP contribution is -2.58. The summed E-state index contributed by atoms with van der Waals surface area (Å²) in [6.45, 7) is 17.0. The maximum atomic E-state index is 15.8. The van der Waals surface area contributed by atoms with E-state index in [1.165, 1.54) is 22.8 Å². The molecule has 2 aromatic carbocycles. The number of pyridine rings is 1. The van der Waals surface area contributed by atoms with Crippen molar-refractivity contribution in [2.75, 3.05) is 157 Å². The summed E-state index contributed by atoms with van der Waals surface area (Å²) in [5, 5.41) is 28.3. The van der Waals surface area contributed by atoms with Gasteiger partial charge >= 0.3 is 12.1 Å². The van der Waals surface area contributed by atoms with Crippen LogP contribution < -0.4 is 21.1 Å². The maximum Gasteiger partial charge on any atom is 0.407 e. The lowest BCUT2D eigenvalue weighted by atomic mass is 9.83. The van der Waals surface area contributed by atoms with Crippen LogP contribution in [0.25, 0.3) is 11.1 Å². The molecular weight excluding hydrogens is 1610 g/mol. The quantitative estimate of drug-likeness (QED) is 0.0154. The maximum absolute atomic E-state index is 15.8. The average Bonchev–Trinajstić information content (AvgIpc) is 1.37. The summed E-state index contributed by atoms with van der Waals surface area (Å²) >= 11 is 0. The number of cyclic esters (lactones) is 1. The van der Waals surface area contributed by atoms with Crippen molar-refractivity contribution in [3.8, 4) is 16.9 Å². The van der Waals surface area contributed by atoms with Gasteiger partial charge in [-0.1, -0.05) is 63.3 Å². The molecule has 4 amide bonds. The Morgan fingerprint density at radius 2 is 1.34 bits per heavy atom. The number of fused-ring (bicyclic) bond motifs is 4. The van der Waals surface area contributed by atoms with Crippen molar-refractivity contribution in [2.24, 2.45) is 23.7 Å². The fourth-order valence-electron chi connectivity index (χ4n) is 15.6. The Morgan fingerprint density at radius 1 is 0.691 bits per heavy atom. The van der Waals surface area contributed by atoms with Gasteiger partial charge in [0.25, 0.3) is 17.6 Å². The first-order valence-corrected chi connectivity index (χ1v) is 45.4. The van der Waals surface area contributed by atoms with Gasteiger partial charge in [0.2, 0.25) is 11.7 Å². The van der Waals surface area contributed by atoms with Crippen LogP contribution in [0.5, 0.6) is 5.75 Å². The summed E-state index contributed by atoms with van der Waals surface area (Å²) in [5.74, 6) is -6.50. The second-order valence-electron chi connectivity index (χ2n) is 32.5. The number of benzene rings is 2. The molecule has 1 unspecified atom stereocenters. The Hall–Kier alpha value is -7.96. The number of halogens is 1. The van der Waals surface area contributed by atoms with Crippen molar-refractivity contribution in [1.82, 2.24) is 25.4 Å². The van der Waals surface area contributed by atoms with E-state index >= 15 is 4.39 Å². The predicted molar refractivity (Wildman–Crippen MR) is 457 cm³/mol. The number of esters is 1. The summed E-state index contributed by atoms with van der Waals surface area (Å²) < 4.78 is 117. The molecule has 30 nitrogen and oxygen atoms in total. The third-order valence-corrected chi connectivity index (χ3v) is 24.6. The van der Waals surface area contributed by atoms with Gasteiger partial charge < -0.3 is 98.0 Å². The molecule has 1 saturated carbocycles. The van der Waals surface area contributed by atoms with Crippen LogP contribution in [0.4, 0.5) is 15.0 Å². The minimum atomic E-state index is -4.18. The topological polar surface area (TPSA) is 384 Å². The Morgan fingerprint density at radius 3 is 1.99 bits per heavy atom. The molecule has 0 spiro atoms. The van der Waals surface area contributed by atoms with E-state index < -0.39 is 98.1 Å². The Balaban J connectivity index is 0.606. The number of ketones is 2. The molecular formula is C91H133FN6O24S. The molecule has 5 aliphatic rings. The summed E-state index contributed by atoms with van der Waals surface area (Å²) in [7, 11) is -2.60. The molecule has 8 rings (SSSR count). The van der Waals surface area contributed by atoms with Crippen molar-refractivity contribution in [2.45, 2.75) is 211 Å². The van der Waals surface area contributed by atoms with Gasteiger partial charge in [-0.25, -0.2) is 27.4 Å². The molecule has 2 bridgehead atoms. The van der Waals surface area contributed by atoms with E-state index in [4.69, 9.17) is 67.3 Å². The number of carbonyl (C=O) groups excluding carboxylic acids is 7. The van der Waals surface area contributed by atoms with E-state index in [2.05, 4.69) is 22.5 Å². The molecule has 2 saturated heterocycles. The second-order valence-corrected chi connectivity index (χ2v) is 34.6. The monoisotopic (exact) mass is 1740 g/mol. The van der Waals surface area contributed by atoms with Gasteiger partial charge in [0.15, 0.2) is 9.84 Å². The number of nitrogens with two attached hydrogens (primary N) is 1. The first-order chi connectivity index (χ1) is 59.2. The zero-order valence-corrected chi connectivity index (χ0v) is 73.7. The van der Waals surface area contributed by atoms with Crippen molar-refractivity contribution in [3.63, 3.8) is 0 Å². The number of nitrogens with zero attached hydrogens (tertiary/aromatic N) is 3. The highest BCUT2D eigenvalue weighted by atomic mass is 32.2. The highest BCUT2D eigenvalue weighted by molar-refractivity contribution is 7.91. The SMILES string of the molecule is CO[C@H]1CC2CCC[C@@](O)(O2)C(=O)C(=O)N2CCCC[C@H]2C(=O)O[C@H](CCC2CCC(OC(=O)NCCOCCOCCOCCOCCOCCOCCOCCOCCC(=O)NCCS(=O)(=O)c3ccc(C(=O)N4CCOc5ccc(-c6ccc(N)nc6)cc5C4)c(C)c3F)CC2)CC[C@H](C)/C=C(\C)[C@@H](O)CC(=O)[C@H](C)C[C@H](C)/C=C/C=CC=C1C. The first kappa shape index (κ1) is 100. The van der Waals surface area contributed by atoms with Crippen LogP contribution in [-0.2, 0) is 97.2 Å². The number of alkyl carbamates (subject to hydrolysis) is 1. The number of nitrogen functional groups attached to an aromatic ring is 1. The van der Waals surface area contributed by atoms with E-state index in [0.29, 0.717) is 173 Å². The van der Waals surface area contributed by atoms with Gasteiger partial charge in [0.1, 0.15) is 52.9 Å². The number of sulfone groups is 1.